The monoisotopic (exact) mass is 269 g/mol. The van der Waals surface area contributed by atoms with E-state index in [-0.39, 0.29) is 30.6 Å². The molecule has 0 aromatic rings. The topological polar surface area (TPSA) is 56.5 Å². The van der Waals surface area contributed by atoms with Crippen LogP contribution in [-0.2, 0) is 23.1 Å². The summed E-state index contributed by atoms with van der Waals surface area (Å²) in [6, 6.07) is 2.46. The average Bonchev–Trinajstić information content (AvgIpc) is 2.03. The molecule has 0 amide bonds. The van der Waals surface area contributed by atoms with Gasteiger partial charge in [-0.05, 0) is 27.7 Å². The zero-order chi connectivity index (χ0) is 11.1. The van der Waals surface area contributed by atoms with Gasteiger partial charge in [-0.2, -0.15) is 5.26 Å². The van der Waals surface area contributed by atoms with E-state index in [1.54, 1.807) is 0 Å². The van der Waals surface area contributed by atoms with Crippen molar-refractivity contribution in [2.24, 2.45) is 0 Å². The largest absolute Gasteiger partial charge is 0.338 e. The smallest absolute Gasteiger partial charge is 0.256 e. The first-order chi connectivity index (χ1) is 6.50. The van der Waals surface area contributed by atoms with Gasteiger partial charge in [0.25, 0.3) is 8.53 Å². The van der Waals surface area contributed by atoms with E-state index in [0.29, 0.717) is 13.0 Å². The SMILES string of the molecule is CC(C)N(C(C)C)P(O)OCCC#N.[V]. The molecule has 0 aliphatic rings. The van der Waals surface area contributed by atoms with E-state index in [9.17, 15) is 4.89 Å². The van der Waals surface area contributed by atoms with E-state index in [0.717, 1.165) is 0 Å². The van der Waals surface area contributed by atoms with Crippen LogP contribution in [0.2, 0.25) is 0 Å². The molecule has 0 saturated heterocycles. The fourth-order valence-corrected chi connectivity index (χ4v) is 2.41. The van der Waals surface area contributed by atoms with Gasteiger partial charge in [0.2, 0.25) is 0 Å². The molecule has 0 aliphatic carbocycles. The van der Waals surface area contributed by atoms with Crippen molar-refractivity contribution < 1.29 is 28.0 Å². The van der Waals surface area contributed by atoms with Gasteiger partial charge in [0.15, 0.2) is 0 Å². The van der Waals surface area contributed by atoms with E-state index >= 15 is 0 Å². The van der Waals surface area contributed by atoms with E-state index in [1.165, 1.54) is 0 Å². The molecule has 1 unspecified atom stereocenters. The van der Waals surface area contributed by atoms with Gasteiger partial charge < -0.3 is 9.42 Å². The number of rotatable bonds is 6. The minimum atomic E-state index is -1.55. The molecule has 0 heterocycles. The Hall–Kier alpha value is 0.384. The molecule has 4 nitrogen and oxygen atoms in total. The molecule has 15 heavy (non-hydrogen) atoms. The summed E-state index contributed by atoms with van der Waals surface area (Å²) in [7, 11) is -1.55. The molecule has 0 fully saturated rings. The summed E-state index contributed by atoms with van der Waals surface area (Å²) in [4.78, 5) is 9.74. The molecule has 0 aliphatic heterocycles. The van der Waals surface area contributed by atoms with Crippen LogP contribution in [-0.4, -0.2) is 28.3 Å². The van der Waals surface area contributed by atoms with Gasteiger partial charge in [-0.3, -0.25) is 0 Å². The van der Waals surface area contributed by atoms with Crippen LogP contribution in [0.3, 0.4) is 0 Å². The van der Waals surface area contributed by atoms with Gasteiger partial charge in [0.05, 0.1) is 19.1 Å². The van der Waals surface area contributed by atoms with Crippen molar-refractivity contribution in [2.45, 2.75) is 46.2 Å². The Labute approximate surface area is 105 Å². The summed E-state index contributed by atoms with van der Waals surface area (Å²) in [5, 5.41) is 8.32. The fourth-order valence-electron chi connectivity index (χ4n) is 1.23. The summed E-state index contributed by atoms with van der Waals surface area (Å²) < 4.78 is 7.10. The van der Waals surface area contributed by atoms with Crippen molar-refractivity contribution in [1.29, 1.82) is 5.26 Å². The second kappa shape index (κ2) is 9.60. The number of nitrogens with zero attached hydrogens (tertiary/aromatic N) is 2. The Bertz CT molecular complexity index is 189. The average molecular weight is 269 g/mol. The maximum Gasteiger partial charge on any atom is 0.256 e. The maximum absolute atomic E-state index is 9.74. The van der Waals surface area contributed by atoms with Crippen LogP contribution in [0.4, 0.5) is 0 Å². The third-order valence-electron chi connectivity index (χ3n) is 1.68. The van der Waals surface area contributed by atoms with Gasteiger partial charge >= 0.3 is 0 Å². The molecule has 6 heteroatoms. The van der Waals surface area contributed by atoms with Crippen LogP contribution >= 0.6 is 8.53 Å². The molecule has 1 atom stereocenters. The molecule has 1 radical (unpaired) electrons. The van der Waals surface area contributed by atoms with Crippen LogP contribution in [0.1, 0.15) is 34.1 Å². The van der Waals surface area contributed by atoms with Crippen molar-refractivity contribution in [2.75, 3.05) is 6.61 Å². The molecule has 0 spiro atoms. The standard InChI is InChI=1S/C9H19N2O2P.V/c1-8(2)11(9(3)4)14(12)13-7-5-6-10;/h8-9,12H,5,7H2,1-4H3;. The van der Waals surface area contributed by atoms with Gasteiger partial charge in [0.1, 0.15) is 0 Å². The molecule has 0 aromatic carbocycles. The van der Waals surface area contributed by atoms with E-state index in [2.05, 4.69) is 0 Å². The molecule has 87 valence electrons. The Kier molecular flexibility index (Phi) is 11.4. The quantitative estimate of drug-likeness (QED) is 0.593. The minimum Gasteiger partial charge on any atom is -0.338 e. The molecule has 0 rings (SSSR count). The van der Waals surface area contributed by atoms with Crippen LogP contribution in [0.5, 0.6) is 0 Å². The Balaban J connectivity index is 0. The summed E-state index contributed by atoms with van der Waals surface area (Å²) in [6.45, 7) is 8.35. The van der Waals surface area contributed by atoms with Crippen molar-refractivity contribution in [1.82, 2.24) is 4.67 Å². The summed E-state index contributed by atoms with van der Waals surface area (Å²) >= 11 is 0. The summed E-state index contributed by atoms with van der Waals surface area (Å²) in [5.41, 5.74) is 0. The Morgan fingerprint density at radius 2 is 1.80 bits per heavy atom. The van der Waals surface area contributed by atoms with Crippen LogP contribution in [0.25, 0.3) is 0 Å². The van der Waals surface area contributed by atoms with Crippen molar-refractivity contribution >= 4 is 8.53 Å². The summed E-state index contributed by atoms with van der Waals surface area (Å²) in [6.07, 6.45) is 0.323. The number of hydrogen-bond donors (Lipinski definition) is 1. The predicted octanol–water partition coefficient (Wildman–Crippen LogP) is 2.25. The van der Waals surface area contributed by atoms with Crippen LogP contribution in [0, 0.1) is 11.3 Å². The second-order valence-corrected chi connectivity index (χ2v) is 4.79. The third-order valence-corrected chi connectivity index (χ3v) is 3.41. The van der Waals surface area contributed by atoms with Crippen molar-refractivity contribution in [3.05, 3.63) is 0 Å². The number of hydrogen-bond acceptors (Lipinski definition) is 4. The van der Waals surface area contributed by atoms with Crippen LogP contribution in [0.15, 0.2) is 0 Å². The van der Waals surface area contributed by atoms with Crippen molar-refractivity contribution in [3.63, 3.8) is 0 Å². The maximum atomic E-state index is 9.74. The van der Waals surface area contributed by atoms with Gasteiger partial charge in [-0.25, -0.2) is 4.67 Å². The van der Waals surface area contributed by atoms with Crippen molar-refractivity contribution in [3.8, 4) is 6.07 Å². The van der Waals surface area contributed by atoms with Gasteiger partial charge in [-0.15, -0.1) is 0 Å². The Morgan fingerprint density at radius 1 is 1.33 bits per heavy atom. The van der Waals surface area contributed by atoms with Crippen LogP contribution < -0.4 is 0 Å². The van der Waals surface area contributed by atoms with Gasteiger partial charge in [-0.1, -0.05) is 0 Å². The van der Waals surface area contributed by atoms with E-state index in [4.69, 9.17) is 9.79 Å². The molecule has 1 N–H and O–H groups in total. The number of nitriles is 1. The zero-order valence-corrected chi connectivity index (χ0v) is 12.0. The fraction of sp³-hybridized carbons (Fsp3) is 0.889. The van der Waals surface area contributed by atoms with E-state index in [1.807, 2.05) is 38.4 Å². The first-order valence-corrected chi connectivity index (χ1v) is 5.94. The third kappa shape index (κ3) is 7.30. The molecule has 0 bridgehead atoms. The predicted molar refractivity (Wildman–Crippen MR) is 57.4 cm³/mol. The minimum absolute atomic E-state index is 0. The molecule has 0 saturated carbocycles. The normalized spacial score (nSPS) is 12.7. The van der Waals surface area contributed by atoms with Gasteiger partial charge in [0, 0.05) is 30.6 Å². The first-order valence-electron chi connectivity index (χ1n) is 4.77. The Morgan fingerprint density at radius 3 is 2.13 bits per heavy atom. The zero-order valence-electron chi connectivity index (χ0n) is 9.71. The second-order valence-electron chi connectivity index (χ2n) is 3.56. The molecular formula is C9H19N2O2PV. The molecule has 0 aromatic heterocycles. The van der Waals surface area contributed by atoms with E-state index < -0.39 is 8.53 Å². The summed E-state index contributed by atoms with van der Waals surface area (Å²) in [5.74, 6) is 0. The molecular weight excluding hydrogens is 250 g/mol. The first kappa shape index (κ1) is 17.8.